The largest absolute Gasteiger partial charge is 0.483 e. The summed E-state index contributed by atoms with van der Waals surface area (Å²) in [6.45, 7) is -0.207. The first-order valence-electron chi connectivity index (χ1n) is 9.92. The molecule has 0 aliphatic carbocycles. The minimum absolute atomic E-state index is 0.147. The van der Waals surface area contributed by atoms with Gasteiger partial charge in [0.25, 0.3) is 11.5 Å². The van der Waals surface area contributed by atoms with Gasteiger partial charge in [0.15, 0.2) is 12.4 Å². The number of carbonyl (C=O) groups excluding carboxylic acids is 1. The molecule has 8 heteroatoms. The highest BCUT2D eigenvalue weighted by atomic mass is 79.9. The number of halogens is 1. The molecule has 1 aromatic heterocycles. The maximum atomic E-state index is 12.5. The Bertz CT molecular complexity index is 1460. The summed E-state index contributed by atoms with van der Waals surface area (Å²) >= 11 is 3.34. The SMILES string of the molecule is N#CC(=Cc1ccccc1OCC(=O)Nc1ccccc1)c1nc2ccc(Br)cc2c(=O)[nH]1. The Morgan fingerprint density at radius 2 is 1.88 bits per heavy atom. The molecule has 0 bridgehead atoms. The third kappa shape index (κ3) is 5.34. The number of allylic oxidation sites excluding steroid dienone is 1. The van der Waals surface area contributed by atoms with Crippen molar-refractivity contribution in [1.82, 2.24) is 9.97 Å². The van der Waals surface area contributed by atoms with Crippen LogP contribution in [0.5, 0.6) is 5.75 Å². The third-order valence-electron chi connectivity index (χ3n) is 4.68. The highest BCUT2D eigenvalue weighted by molar-refractivity contribution is 9.10. The quantitative estimate of drug-likeness (QED) is 0.370. The fourth-order valence-corrected chi connectivity index (χ4v) is 3.50. The monoisotopic (exact) mass is 500 g/mol. The Morgan fingerprint density at radius 3 is 2.67 bits per heavy atom. The van der Waals surface area contributed by atoms with Crippen molar-refractivity contribution in [3.05, 3.63) is 99.0 Å². The number of benzene rings is 3. The van der Waals surface area contributed by atoms with Crippen LogP contribution in [-0.2, 0) is 4.79 Å². The standard InChI is InChI=1S/C25H17BrN4O3/c26-18-10-11-21-20(13-18)25(32)30-24(29-21)17(14-27)12-16-6-4-5-9-22(16)33-15-23(31)28-19-7-2-1-3-8-19/h1-13H,15H2,(H,28,31)(H,29,30,32). The Morgan fingerprint density at radius 1 is 1.12 bits per heavy atom. The van der Waals surface area contributed by atoms with Gasteiger partial charge in [0, 0.05) is 15.7 Å². The van der Waals surface area contributed by atoms with Gasteiger partial charge in [-0.3, -0.25) is 9.59 Å². The van der Waals surface area contributed by atoms with E-state index >= 15 is 0 Å². The second kappa shape index (κ2) is 9.94. The highest BCUT2D eigenvalue weighted by Gasteiger charge is 2.11. The van der Waals surface area contributed by atoms with Crippen molar-refractivity contribution in [1.29, 1.82) is 5.26 Å². The molecule has 0 aliphatic heterocycles. The number of amides is 1. The number of anilines is 1. The number of aromatic nitrogens is 2. The molecule has 1 amide bonds. The van der Waals surface area contributed by atoms with E-state index in [2.05, 4.69) is 37.3 Å². The summed E-state index contributed by atoms with van der Waals surface area (Å²) in [4.78, 5) is 31.8. The number of aromatic amines is 1. The molecule has 0 saturated carbocycles. The van der Waals surface area contributed by atoms with Crippen LogP contribution in [-0.4, -0.2) is 22.5 Å². The molecule has 162 valence electrons. The smallest absolute Gasteiger partial charge is 0.262 e. The van der Waals surface area contributed by atoms with Gasteiger partial charge in [-0.2, -0.15) is 5.26 Å². The number of para-hydroxylation sites is 2. The van der Waals surface area contributed by atoms with E-state index in [0.717, 1.165) is 4.47 Å². The van der Waals surface area contributed by atoms with Crippen LogP contribution in [0.15, 0.2) is 82.1 Å². The van der Waals surface area contributed by atoms with Crippen molar-refractivity contribution in [3.8, 4) is 11.8 Å². The normalized spacial score (nSPS) is 11.1. The van der Waals surface area contributed by atoms with E-state index in [1.165, 1.54) is 0 Å². The van der Waals surface area contributed by atoms with E-state index < -0.39 is 0 Å². The number of nitrogens with zero attached hydrogens (tertiary/aromatic N) is 2. The van der Waals surface area contributed by atoms with Crippen LogP contribution >= 0.6 is 15.9 Å². The zero-order valence-electron chi connectivity index (χ0n) is 17.2. The number of carbonyl (C=O) groups is 1. The van der Waals surface area contributed by atoms with Crippen molar-refractivity contribution in [2.24, 2.45) is 0 Å². The van der Waals surface area contributed by atoms with Gasteiger partial charge in [-0.1, -0.05) is 52.3 Å². The minimum Gasteiger partial charge on any atom is -0.483 e. The van der Waals surface area contributed by atoms with Crippen molar-refractivity contribution in [3.63, 3.8) is 0 Å². The summed E-state index contributed by atoms with van der Waals surface area (Å²) in [5.74, 6) is 0.252. The van der Waals surface area contributed by atoms with E-state index in [0.29, 0.717) is 27.9 Å². The van der Waals surface area contributed by atoms with E-state index in [-0.39, 0.29) is 29.5 Å². The molecule has 0 spiro atoms. The first-order chi connectivity index (χ1) is 16.0. The molecule has 33 heavy (non-hydrogen) atoms. The summed E-state index contributed by atoms with van der Waals surface area (Å²) in [5.41, 5.74) is 1.52. The van der Waals surface area contributed by atoms with Crippen molar-refractivity contribution in [2.45, 2.75) is 0 Å². The van der Waals surface area contributed by atoms with Gasteiger partial charge in [-0.25, -0.2) is 4.98 Å². The van der Waals surface area contributed by atoms with Gasteiger partial charge >= 0.3 is 0 Å². The van der Waals surface area contributed by atoms with E-state index in [1.54, 1.807) is 60.7 Å². The highest BCUT2D eigenvalue weighted by Crippen LogP contribution is 2.24. The number of hydrogen-bond acceptors (Lipinski definition) is 5. The lowest BCUT2D eigenvalue weighted by molar-refractivity contribution is -0.118. The summed E-state index contributed by atoms with van der Waals surface area (Å²) in [5, 5.41) is 12.9. The Labute approximate surface area is 197 Å². The van der Waals surface area contributed by atoms with Crippen molar-refractivity contribution < 1.29 is 9.53 Å². The van der Waals surface area contributed by atoms with Gasteiger partial charge < -0.3 is 15.0 Å². The maximum absolute atomic E-state index is 12.5. The van der Waals surface area contributed by atoms with Crippen LogP contribution in [0.25, 0.3) is 22.6 Å². The molecule has 0 atom stereocenters. The lowest BCUT2D eigenvalue weighted by Crippen LogP contribution is -2.20. The van der Waals surface area contributed by atoms with E-state index in [9.17, 15) is 14.9 Å². The van der Waals surface area contributed by atoms with Gasteiger partial charge in [-0.05, 0) is 42.5 Å². The summed E-state index contributed by atoms with van der Waals surface area (Å²) in [7, 11) is 0. The third-order valence-corrected chi connectivity index (χ3v) is 5.17. The second-order valence-electron chi connectivity index (χ2n) is 6.99. The van der Waals surface area contributed by atoms with Crippen LogP contribution in [0.3, 0.4) is 0 Å². The molecule has 0 saturated heterocycles. The first kappa shape index (κ1) is 22.0. The Hall–Kier alpha value is -4.22. The van der Waals surface area contributed by atoms with Gasteiger partial charge in [0.1, 0.15) is 11.8 Å². The molecule has 4 aromatic rings. The Kier molecular flexibility index (Phi) is 6.62. The second-order valence-corrected chi connectivity index (χ2v) is 7.90. The van der Waals surface area contributed by atoms with Gasteiger partial charge in [-0.15, -0.1) is 0 Å². The van der Waals surface area contributed by atoms with Gasteiger partial charge in [0.05, 0.1) is 16.5 Å². The van der Waals surface area contributed by atoms with Crippen molar-refractivity contribution in [2.75, 3.05) is 11.9 Å². The molecule has 0 fully saturated rings. The maximum Gasteiger partial charge on any atom is 0.262 e. The molecule has 0 aliphatic rings. The molecule has 2 N–H and O–H groups in total. The topological polar surface area (TPSA) is 108 Å². The number of nitriles is 1. The molecular formula is C25H17BrN4O3. The molecule has 7 nitrogen and oxygen atoms in total. The van der Waals surface area contributed by atoms with Crippen molar-refractivity contribution >= 4 is 50.1 Å². The number of ether oxygens (including phenoxy) is 1. The number of H-pyrrole nitrogens is 1. The predicted molar refractivity (Wildman–Crippen MR) is 131 cm³/mol. The molecule has 1 heterocycles. The molecule has 4 rings (SSSR count). The lowest BCUT2D eigenvalue weighted by Gasteiger charge is -2.10. The minimum atomic E-state index is -0.348. The van der Waals surface area contributed by atoms with Gasteiger partial charge in [0.2, 0.25) is 0 Å². The van der Waals surface area contributed by atoms with Crippen LogP contribution < -0.4 is 15.6 Å². The molecule has 0 radical (unpaired) electrons. The zero-order chi connectivity index (χ0) is 23.2. The molecule has 3 aromatic carbocycles. The molecular weight excluding hydrogens is 484 g/mol. The predicted octanol–water partition coefficient (Wildman–Crippen LogP) is 4.77. The summed E-state index contributed by atoms with van der Waals surface area (Å²) in [6.07, 6.45) is 1.56. The van der Waals surface area contributed by atoms with E-state index in [1.807, 2.05) is 18.2 Å². The summed E-state index contributed by atoms with van der Waals surface area (Å²) < 4.78 is 6.45. The number of nitrogens with one attached hydrogen (secondary N) is 2. The Balaban J connectivity index is 1.59. The van der Waals surface area contributed by atoms with E-state index in [4.69, 9.17) is 4.74 Å². The first-order valence-corrected chi connectivity index (χ1v) is 10.7. The number of hydrogen-bond donors (Lipinski definition) is 2. The fraction of sp³-hybridized carbons (Fsp3) is 0.0400. The summed E-state index contributed by atoms with van der Waals surface area (Å²) in [6, 6.07) is 23.3. The van der Waals surface area contributed by atoms with Crippen LogP contribution in [0.2, 0.25) is 0 Å². The lowest BCUT2D eigenvalue weighted by atomic mass is 10.1. The average molecular weight is 501 g/mol. The zero-order valence-corrected chi connectivity index (χ0v) is 18.8. The van der Waals surface area contributed by atoms with Crippen LogP contribution in [0, 0.1) is 11.3 Å². The van der Waals surface area contributed by atoms with Crippen LogP contribution in [0.1, 0.15) is 11.4 Å². The molecule has 0 unspecified atom stereocenters. The number of rotatable bonds is 6. The average Bonchev–Trinajstić information content (AvgIpc) is 2.83. The fourth-order valence-electron chi connectivity index (χ4n) is 3.14. The van der Waals surface area contributed by atoms with Crippen LogP contribution in [0.4, 0.5) is 5.69 Å². The number of fused-ring (bicyclic) bond motifs is 1.